The van der Waals surface area contributed by atoms with E-state index in [9.17, 15) is 8.42 Å². The lowest BCUT2D eigenvalue weighted by molar-refractivity contribution is 0.179. The van der Waals surface area contributed by atoms with Crippen LogP contribution in [0.3, 0.4) is 0 Å². The Labute approximate surface area is 124 Å². The Morgan fingerprint density at radius 2 is 1.76 bits per heavy atom. The van der Waals surface area contributed by atoms with E-state index in [0.29, 0.717) is 23.3 Å². The second-order valence-electron chi connectivity index (χ2n) is 6.31. The highest BCUT2D eigenvalue weighted by molar-refractivity contribution is 7.89. The van der Waals surface area contributed by atoms with Crippen molar-refractivity contribution in [2.24, 2.45) is 5.92 Å². The van der Waals surface area contributed by atoms with Gasteiger partial charge < -0.3 is 0 Å². The quantitative estimate of drug-likeness (QED) is 0.853. The molecule has 0 bridgehead atoms. The zero-order chi connectivity index (χ0) is 14.2. The van der Waals surface area contributed by atoms with Crippen molar-refractivity contribution in [3.63, 3.8) is 0 Å². The molecule has 3 atom stereocenters. The van der Waals surface area contributed by atoms with E-state index < -0.39 is 10.0 Å². The lowest BCUT2D eigenvalue weighted by Gasteiger charge is -2.41. The summed E-state index contributed by atoms with van der Waals surface area (Å²) in [5, 5.41) is 0. The average molecular weight is 297 g/mol. The van der Waals surface area contributed by atoms with Crippen LogP contribution >= 0.6 is 0 Å². The van der Waals surface area contributed by atoms with Gasteiger partial charge in [-0.15, -0.1) is 0 Å². The molecule has 4 heteroatoms. The molecule has 1 saturated carbocycles. The van der Waals surface area contributed by atoms with Crippen LogP contribution in [0.5, 0.6) is 0 Å². The van der Waals surface area contributed by atoms with Crippen molar-refractivity contribution in [3.05, 3.63) is 65.7 Å². The minimum Gasteiger partial charge on any atom is -0.207 e. The van der Waals surface area contributed by atoms with Crippen LogP contribution in [0.25, 0.3) is 0 Å². The summed E-state index contributed by atoms with van der Waals surface area (Å²) in [6.07, 6.45) is 0.830. The maximum atomic E-state index is 12.8. The van der Waals surface area contributed by atoms with Gasteiger partial charge in [0.1, 0.15) is 0 Å². The van der Waals surface area contributed by atoms with E-state index in [1.54, 1.807) is 10.4 Å². The van der Waals surface area contributed by atoms with E-state index in [1.165, 1.54) is 5.56 Å². The first kappa shape index (κ1) is 12.0. The van der Waals surface area contributed by atoms with Crippen LogP contribution in [0.1, 0.15) is 17.0 Å². The van der Waals surface area contributed by atoms with Crippen molar-refractivity contribution in [2.75, 3.05) is 6.54 Å². The van der Waals surface area contributed by atoms with Crippen LogP contribution in [-0.2, 0) is 16.4 Å². The van der Waals surface area contributed by atoms with Gasteiger partial charge >= 0.3 is 0 Å². The van der Waals surface area contributed by atoms with Gasteiger partial charge in [-0.1, -0.05) is 48.5 Å². The Morgan fingerprint density at radius 1 is 1.05 bits per heavy atom. The van der Waals surface area contributed by atoms with E-state index in [0.717, 1.165) is 12.0 Å². The highest BCUT2D eigenvalue weighted by Gasteiger charge is 2.80. The lowest BCUT2D eigenvalue weighted by atomic mass is 9.95. The third kappa shape index (κ3) is 1.26. The summed E-state index contributed by atoms with van der Waals surface area (Å²) >= 11 is 0. The first-order valence-electron chi connectivity index (χ1n) is 7.31. The molecule has 0 spiro atoms. The van der Waals surface area contributed by atoms with Crippen LogP contribution in [0.15, 0.2) is 59.5 Å². The van der Waals surface area contributed by atoms with Gasteiger partial charge in [-0.25, -0.2) is 8.42 Å². The molecule has 2 fully saturated rings. The first-order valence-corrected chi connectivity index (χ1v) is 8.75. The third-order valence-corrected chi connectivity index (χ3v) is 7.45. The normalized spacial score (nSPS) is 34.5. The number of sulfonamides is 1. The minimum atomic E-state index is -3.31. The van der Waals surface area contributed by atoms with Crippen molar-refractivity contribution < 1.29 is 8.42 Å². The number of benzene rings is 2. The lowest BCUT2D eigenvalue weighted by Crippen LogP contribution is -2.55. The molecular weight excluding hydrogens is 282 g/mol. The molecule has 0 aromatic heterocycles. The van der Waals surface area contributed by atoms with Gasteiger partial charge in [-0.05, 0) is 23.6 Å². The molecule has 2 aromatic carbocycles. The number of hydrogen-bond donors (Lipinski definition) is 0. The van der Waals surface area contributed by atoms with Gasteiger partial charge in [0.2, 0.25) is 10.0 Å². The molecule has 106 valence electrons. The van der Waals surface area contributed by atoms with Gasteiger partial charge in [0.05, 0.1) is 10.4 Å². The van der Waals surface area contributed by atoms with Crippen LogP contribution < -0.4 is 0 Å². The van der Waals surface area contributed by atoms with Crippen LogP contribution in [-0.4, -0.2) is 24.8 Å². The van der Waals surface area contributed by atoms with E-state index in [4.69, 9.17) is 0 Å². The molecular formula is C17H15NO2S. The summed E-state index contributed by atoms with van der Waals surface area (Å²) < 4.78 is 27.4. The monoisotopic (exact) mass is 297 g/mol. The third-order valence-electron chi connectivity index (χ3n) is 5.45. The molecule has 1 aliphatic carbocycles. The van der Waals surface area contributed by atoms with Crippen molar-refractivity contribution in [2.45, 2.75) is 22.8 Å². The number of hydrogen-bond acceptors (Lipinski definition) is 2. The predicted molar refractivity (Wildman–Crippen MR) is 79.4 cm³/mol. The van der Waals surface area contributed by atoms with Gasteiger partial charge in [0.15, 0.2) is 0 Å². The van der Waals surface area contributed by atoms with Gasteiger partial charge in [0.25, 0.3) is 0 Å². The fourth-order valence-corrected chi connectivity index (χ4v) is 6.59. The summed E-state index contributed by atoms with van der Waals surface area (Å²) in [7, 11) is -3.31. The molecule has 5 rings (SSSR count). The Morgan fingerprint density at radius 3 is 2.57 bits per heavy atom. The first-order chi connectivity index (χ1) is 10.2. The zero-order valence-electron chi connectivity index (χ0n) is 11.4. The Kier molecular flexibility index (Phi) is 2.03. The van der Waals surface area contributed by atoms with E-state index in [-0.39, 0.29) is 5.54 Å². The standard InChI is InChI=1S/C17H15NO2S/c19-21(20)15-9-5-4-8-13(15)16-14-11-18(21)17(14,16)10-12-6-2-1-3-7-12/h1-9,14,16H,10-11H2/t14-,16+,17+/m0/s1. The summed E-state index contributed by atoms with van der Waals surface area (Å²) in [4.78, 5) is 0.527. The fourth-order valence-electron chi connectivity index (χ4n) is 4.49. The molecule has 2 heterocycles. The molecule has 1 saturated heterocycles. The highest BCUT2D eigenvalue weighted by atomic mass is 32.2. The van der Waals surface area contributed by atoms with Crippen molar-refractivity contribution in [1.82, 2.24) is 4.31 Å². The number of nitrogens with zero attached hydrogens (tertiary/aromatic N) is 1. The zero-order valence-corrected chi connectivity index (χ0v) is 12.3. The van der Waals surface area contributed by atoms with Gasteiger partial charge in [-0.3, -0.25) is 0 Å². The molecule has 2 aliphatic heterocycles. The topological polar surface area (TPSA) is 37.4 Å². The number of rotatable bonds is 2. The molecule has 0 radical (unpaired) electrons. The van der Waals surface area contributed by atoms with Crippen LogP contribution in [0.2, 0.25) is 0 Å². The summed E-state index contributed by atoms with van der Waals surface area (Å²) in [5.74, 6) is 0.883. The molecule has 3 aliphatic rings. The van der Waals surface area contributed by atoms with E-state index in [2.05, 4.69) is 12.1 Å². The average Bonchev–Trinajstić information content (AvgIpc) is 3.02. The van der Waals surface area contributed by atoms with Crippen LogP contribution in [0, 0.1) is 5.92 Å². The predicted octanol–water partition coefficient (Wildman–Crippen LogP) is 2.40. The maximum Gasteiger partial charge on any atom is 0.243 e. The fraction of sp³-hybridized carbons (Fsp3) is 0.294. The highest BCUT2D eigenvalue weighted by Crippen LogP contribution is 2.73. The van der Waals surface area contributed by atoms with Crippen LogP contribution in [0.4, 0.5) is 0 Å². The molecule has 0 unspecified atom stereocenters. The molecule has 21 heavy (non-hydrogen) atoms. The largest absolute Gasteiger partial charge is 0.243 e. The molecule has 2 aromatic rings. The van der Waals surface area contributed by atoms with Gasteiger partial charge in [0, 0.05) is 18.4 Å². The van der Waals surface area contributed by atoms with Crippen molar-refractivity contribution >= 4 is 10.0 Å². The van der Waals surface area contributed by atoms with Gasteiger partial charge in [-0.2, -0.15) is 4.31 Å². The summed E-state index contributed by atoms with van der Waals surface area (Å²) in [6.45, 7) is 0.689. The van der Waals surface area contributed by atoms with Crippen molar-refractivity contribution in [1.29, 1.82) is 0 Å². The molecule has 3 nitrogen and oxygen atoms in total. The second-order valence-corrected chi connectivity index (χ2v) is 8.14. The Hall–Kier alpha value is -1.65. The SMILES string of the molecule is O=S1(=O)c2ccccc2[C@@H]2[C@@H]3CN1[C@@]23Cc1ccccc1. The maximum absolute atomic E-state index is 12.8. The smallest absolute Gasteiger partial charge is 0.207 e. The number of fused-ring (bicyclic) bond motifs is 3. The molecule has 0 amide bonds. The van der Waals surface area contributed by atoms with E-state index in [1.807, 2.05) is 36.4 Å². The summed E-state index contributed by atoms with van der Waals surface area (Å²) in [5.41, 5.74) is 2.09. The Balaban J connectivity index is 1.65. The minimum absolute atomic E-state index is 0.172. The van der Waals surface area contributed by atoms with E-state index >= 15 is 0 Å². The Bertz CT molecular complexity index is 846. The summed E-state index contributed by atoms with van der Waals surface area (Å²) in [6, 6.07) is 17.8. The van der Waals surface area contributed by atoms with Crippen molar-refractivity contribution in [3.8, 4) is 0 Å². The second kappa shape index (κ2) is 3.57. The molecule has 0 N–H and O–H groups in total.